The molecular weight excluding hydrogens is 424 g/mol. The van der Waals surface area contributed by atoms with E-state index in [1.807, 2.05) is 24.8 Å². The van der Waals surface area contributed by atoms with Crippen molar-refractivity contribution in [2.24, 2.45) is 0 Å². The van der Waals surface area contributed by atoms with E-state index in [1.54, 1.807) is 12.3 Å². The average Bonchev–Trinajstić information content (AvgIpc) is 3.40. The molecule has 4 heterocycles. The van der Waals surface area contributed by atoms with E-state index in [0.29, 0.717) is 36.1 Å². The van der Waals surface area contributed by atoms with Crippen LogP contribution in [0.25, 0.3) is 10.9 Å². The van der Waals surface area contributed by atoms with Crippen molar-refractivity contribution in [3.63, 3.8) is 0 Å². The van der Waals surface area contributed by atoms with Gasteiger partial charge in [-0.1, -0.05) is 0 Å². The summed E-state index contributed by atoms with van der Waals surface area (Å²) in [6.07, 6.45) is 11.2. The number of hydrogen-bond acceptors (Lipinski definition) is 8. The number of morpholine rings is 1. The first kappa shape index (κ1) is 21.6. The molecule has 1 aliphatic heterocycles. The summed E-state index contributed by atoms with van der Waals surface area (Å²) >= 11 is 0. The summed E-state index contributed by atoms with van der Waals surface area (Å²) in [5.41, 5.74) is 3.47. The smallest absolute Gasteiger partial charge is 0.276 e. The van der Waals surface area contributed by atoms with Gasteiger partial charge in [-0.2, -0.15) is 4.98 Å². The first-order valence-electron chi connectivity index (χ1n) is 11.3. The first-order valence-corrected chi connectivity index (χ1v) is 11.3. The zero-order chi connectivity index (χ0) is 22.6. The van der Waals surface area contributed by atoms with Crippen LogP contribution in [0, 0.1) is 0 Å². The van der Waals surface area contributed by atoms with Crippen LogP contribution in [0.4, 0.5) is 5.82 Å². The third kappa shape index (κ3) is 4.76. The summed E-state index contributed by atoms with van der Waals surface area (Å²) in [4.78, 5) is 32.8. The molecule has 33 heavy (non-hydrogen) atoms. The number of anilines is 1. The lowest BCUT2D eigenvalue weighted by Crippen LogP contribution is -2.36. The number of imidazole rings is 1. The summed E-state index contributed by atoms with van der Waals surface area (Å²) in [6, 6.07) is 4.16. The predicted molar refractivity (Wildman–Crippen MR) is 121 cm³/mol. The molecule has 0 aromatic carbocycles. The quantitative estimate of drug-likeness (QED) is 0.569. The topological polar surface area (TPSA) is 104 Å². The Balaban J connectivity index is 1.42. The number of carbonyl (C=O) groups is 1. The zero-order valence-electron chi connectivity index (χ0n) is 18.6. The molecule has 2 fully saturated rings. The van der Waals surface area contributed by atoms with E-state index in [1.165, 1.54) is 7.11 Å². The fraction of sp³-hybridized carbons (Fsp3) is 0.478. The molecule has 1 saturated carbocycles. The molecule has 3 aromatic rings. The van der Waals surface area contributed by atoms with Gasteiger partial charge in [-0.05, 0) is 31.7 Å². The van der Waals surface area contributed by atoms with Crippen LogP contribution in [0.5, 0.6) is 5.88 Å². The van der Waals surface area contributed by atoms with Gasteiger partial charge in [-0.25, -0.2) is 10.5 Å². The number of nitrogens with zero attached hydrogens (tertiary/aromatic N) is 5. The molecule has 1 aliphatic carbocycles. The van der Waals surface area contributed by atoms with E-state index in [0.717, 1.165) is 50.1 Å². The lowest BCUT2D eigenvalue weighted by molar-refractivity contribution is 0.0537. The van der Waals surface area contributed by atoms with Gasteiger partial charge in [-0.15, -0.1) is 0 Å². The molecule has 0 atom stereocenters. The SMILES string of the molecule is CONC(=O)c1cnc2cc(N3CCOCC3)nc(O[C@H]3CC[C@@H](n4ccnc4)CC3)c2c1. The summed E-state index contributed by atoms with van der Waals surface area (Å²) in [5, 5.41) is 0.715. The van der Waals surface area contributed by atoms with Crippen LogP contribution >= 0.6 is 0 Å². The lowest BCUT2D eigenvalue weighted by Gasteiger charge is -2.31. The molecule has 174 valence electrons. The fourth-order valence-corrected chi connectivity index (χ4v) is 4.51. The number of ether oxygens (including phenoxy) is 2. The van der Waals surface area contributed by atoms with Crippen LogP contribution < -0.4 is 15.1 Å². The maximum absolute atomic E-state index is 12.3. The molecule has 10 nitrogen and oxygen atoms in total. The van der Waals surface area contributed by atoms with E-state index in [9.17, 15) is 4.79 Å². The summed E-state index contributed by atoms with van der Waals surface area (Å²) in [6.45, 7) is 2.86. The van der Waals surface area contributed by atoms with Gasteiger partial charge < -0.3 is 18.9 Å². The third-order valence-corrected chi connectivity index (χ3v) is 6.29. The molecule has 5 rings (SSSR count). The van der Waals surface area contributed by atoms with Crippen molar-refractivity contribution in [3.05, 3.63) is 42.6 Å². The highest BCUT2D eigenvalue weighted by Crippen LogP contribution is 2.34. The van der Waals surface area contributed by atoms with Crippen molar-refractivity contribution < 1.29 is 19.1 Å². The molecule has 0 unspecified atom stereocenters. The van der Waals surface area contributed by atoms with E-state index < -0.39 is 0 Å². The largest absolute Gasteiger partial charge is 0.474 e. The molecular formula is C23H28N6O4. The fourth-order valence-electron chi connectivity index (χ4n) is 4.51. The number of carbonyl (C=O) groups excluding carboxylic acids is 1. The minimum Gasteiger partial charge on any atom is -0.474 e. The van der Waals surface area contributed by atoms with Gasteiger partial charge in [0.25, 0.3) is 5.91 Å². The minimum absolute atomic E-state index is 0.0527. The van der Waals surface area contributed by atoms with Crippen LogP contribution in [0.2, 0.25) is 0 Å². The Bertz CT molecular complexity index is 1090. The van der Waals surface area contributed by atoms with Crippen molar-refractivity contribution in [1.29, 1.82) is 0 Å². The second-order valence-electron chi connectivity index (χ2n) is 8.37. The number of rotatable bonds is 6. The van der Waals surface area contributed by atoms with Gasteiger partial charge in [-0.3, -0.25) is 14.6 Å². The highest BCUT2D eigenvalue weighted by molar-refractivity contribution is 5.98. The Morgan fingerprint density at radius 2 is 2.00 bits per heavy atom. The van der Waals surface area contributed by atoms with Gasteiger partial charge in [0.1, 0.15) is 11.9 Å². The molecule has 0 bridgehead atoms. The van der Waals surface area contributed by atoms with Gasteiger partial charge in [0.05, 0.1) is 43.1 Å². The van der Waals surface area contributed by atoms with Gasteiger partial charge >= 0.3 is 0 Å². The van der Waals surface area contributed by atoms with Crippen molar-refractivity contribution in [2.75, 3.05) is 38.3 Å². The Labute approximate surface area is 191 Å². The highest BCUT2D eigenvalue weighted by atomic mass is 16.6. The Hall–Kier alpha value is -3.24. The number of hydrogen-bond donors (Lipinski definition) is 1. The Morgan fingerprint density at radius 3 is 2.73 bits per heavy atom. The van der Waals surface area contributed by atoms with Crippen molar-refractivity contribution in [3.8, 4) is 5.88 Å². The minimum atomic E-state index is -0.365. The molecule has 3 aromatic heterocycles. The maximum Gasteiger partial charge on any atom is 0.276 e. The van der Waals surface area contributed by atoms with Crippen LogP contribution in [-0.4, -0.2) is 64.9 Å². The van der Waals surface area contributed by atoms with Crippen LogP contribution in [0.3, 0.4) is 0 Å². The van der Waals surface area contributed by atoms with E-state index >= 15 is 0 Å². The van der Waals surface area contributed by atoms with E-state index in [2.05, 4.69) is 24.9 Å². The maximum atomic E-state index is 12.3. The van der Waals surface area contributed by atoms with Gasteiger partial charge in [0.2, 0.25) is 5.88 Å². The first-order chi connectivity index (χ1) is 16.2. The summed E-state index contributed by atoms with van der Waals surface area (Å²) < 4.78 is 14.1. The standard InChI is InChI=1S/C23H28N6O4/c1-31-27-22(30)16-12-19-20(25-14-16)13-21(28-8-10-32-11-9-28)26-23(19)33-18-4-2-17(3-5-18)29-7-6-24-15-29/h6-7,12-15,17-18H,2-5,8-11H2,1H3,(H,27,30)/t17-,18+. The number of pyridine rings is 2. The molecule has 0 radical (unpaired) electrons. The molecule has 0 spiro atoms. The van der Waals surface area contributed by atoms with Crippen LogP contribution in [0.15, 0.2) is 37.1 Å². The predicted octanol–water partition coefficient (Wildman–Crippen LogP) is 2.52. The second kappa shape index (κ2) is 9.72. The van der Waals surface area contributed by atoms with Crippen molar-refractivity contribution in [2.45, 2.75) is 37.8 Å². The highest BCUT2D eigenvalue weighted by Gasteiger charge is 2.25. The molecule has 1 N–H and O–H groups in total. The van der Waals surface area contributed by atoms with Gasteiger partial charge in [0, 0.05) is 43.8 Å². The zero-order valence-corrected chi connectivity index (χ0v) is 18.6. The third-order valence-electron chi connectivity index (χ3n) is 6.29. The molecule has 1 saturated heterocycles. The lowest BCUT2D eigenvalue weighted by atomic mass is 9.93. The molecule has 1 amide bonds. The van der Waals surface area contributed by atoms with E-state index in [-0.39, 0.29) is 12.0 Å². The van der Waals surface area contributed by atoms with Crippen molar-refractivity contribution in [1.82, 2.24) is 25.0 Å². The number of nitrogens with one attached hydrogen (secondary N) is 1. The average molecular weight is 453 g/mol. The second-order valence-corrected chi connectivity index (χ2v) is 8.37. The number of fused-ring (bicyclic) bond motifs is 1. The summed E-state index contributed by atoms with van der Waals surface area (Å²) in [7, 11) is 1.40. The number of aromatic nitrogens is 4. The normalized spacial score (nSPS) is 21.2. The summed E-state index contributed by atoms with van der Waals surface area (Å²) in [5.74, 6) is 0.963. The van der Waals surface area contributed by atoms with Crippen molar-refractivity contribution >= 4 is 22.6 Å². The molecule has 10 heteroatoms. The van der Waals surface area contributed by atoms with Gasteiger partial charge in [0.15, 0.2) is 0 Å². The Morgan fingerprint density at radius 1 is 1.18 bits per heavy atom. The number of hydroxylamine groups is 1. The number of amides is 1. The monoisotopic (exact) mass is 452 g/mol. The Kier molecular flexibility index (Phi) is 6.36. The van der Waals surface area contributed by atoms with Crippen LogP contribution in [-0.2, 0) is 9.57 Å². The molecule has 2 aliphatic rings. The van der Waals surface area contributed by atoms with E-state index in [4.69, 9.17) is 19.3 Å². The van der Waals surface area contributed by atoms with Crippen LogP contribution in [0.1, 0.15) is 42.1 Å².